The zero-order chi connectivity index (χ0) is 19.0. The van der Waals surface area contributed by atoms with Crippen molar-refractivity contribution in [3.63, 3.8) is 0 Å². The van der Waals surface area contributed by atoms with E-state index >= 15 is 0 Å². The predicted octanol–water partition coefficient (Wildman–Crippen LogP) is 3.56. The number of nitrogens with one attached hydrogen (secondary N) is 2. The van der Waals surface area contributed by atoms with Crippen LogP contribution in [-0.4, -0.2) is 47.5 Å². The quantitative estimate of drug-likeness (QED) is 0.179. The molecule has 158 valence electrons. The number of aryl methyl sites for hydroxylation is 1. The molecule has 0 unspecified atom stereocenters. The highest BCUT2D eigenvalue weighted by atomic mass is 127. The van der Waals surface area contributed by atoms with Gasteiger partial charge in [0.2, 0.25) is 0 Å². The average Bonchev–Trinajstić information content (AvgIpc) is 2.96. The molecule has 27 heavy (non-hydrogen) atoms. The maximum Gasteiger partial charge on any atom is 0.191 e. The number of rotatable bonds is 14. The van der Waals surface area contributed by atoms with Gasteiger partial charge in [-0.3, -0.25) is 0 Å². The second kappa shape index (κ2) is 17.2. The zero-order valence-electron chi connectivity index (χ0n) is 17.6. The van der Waals surface area contributed by atoms with Crippen LogP contribution >= 0.6 is 24.0 Å². The largest absolute Gasteiger partial charge is 0.383 e. The van der Waals surface area contributed by atoms with Crippen molar-refractivity contribution in [2.75, 3.05) is 26.8 Å². The minimum absolute atomic E-state index is 0. The summed E-state index contributed by atoms with van der Waals surface area (Å²) in [5, 5.41) is 14.9. The van der Waals surface area contributed by atoms with Gasteiger partial charge in [-0.25, -0.2) is 4.99 Å². The predicted molar refractivity (Wildman–Crippen MR) is 123 cm³/mol. The van der Waals surface area contributed by atoms with Crippen LogP contribution in [0.2, 0.25) is 0 Å². The molecule has 1 heterocycles. The van der Waals surface area contributed by atoms with E-state index in [1.54, 1.807) is 7.11 Å². The fourth-order valence-corrected chi connectivity index (χ4v) is 2.65. The lowest BCUT2D eigenvalue weighted by Gasteiger charge is -2.12. The van der Waals surface area contributed by atoms with Crippen molar-refractivity contribution < 1.29 is 4.74 Å². The molecule has 8 heteroatoms. The lowest BCUT2D eigenvalue weighted by Crippen LogP contribution is -2.39. The van der Waals surface area contributed by atoms with Crippen molar-refractivity contribution in [3.8, 4) is 0 Å². The summed E-state index contributed by atoms with van der Waals surface area (Å²) in [7, 11) is 3.67. The van der Waals surface area contributed by atoms with E-state index in [1.165, 1.54) is 51.4 Å². The second-order valence-electron chi connectivity index (χ2n) is 6.71. The smallest absolute Gasteiger partial charge is 0.191 e. The van der Waals surface area contributed by atoms with Crippen LogP contribution in [-0.2, 0) is 18.3 Å². The van der Waals surface area contributed by atoms with Crippen LogP contribution in [0.3, 0.4) is 0 Å². The highest BCUT2D eigenvalue weighted by molar-refractivity contribution is 14.0. The summed E-state index contributed by atoms with van der Waals surface area (Å²) in [5.41, 5.74) is 0. The van der Waals surface area contributed by atoms with Crippen LogP contribution in [0.25, 0.3) is 0 Å². The number of nitrogens with zero attached hydrogens (tertiary/aromatic N) is 4. The van der Waals surface area contributed by atoms with Crippen LogP contribution in [0, 0.1) is 6.92 Å². The topological polar surface area (TPSA) is 76.4 Å². The van der Waals surface area contributed by atoms with Gasteiger partial charge in [0.25, 0.3) is 0 Å². The molecule has 0 radical (unpaired) electrons. The molecule has 1 rings (SSSR count). The summed E-state index contributed by atoms with van der Waals surface area (Å²) in [6, 6.07) is 0. The van der Waals surface area contributed by atoms with E-state index in [-0.39, 0.29) is 24.0 Å². The molecular weight excluding hydrogens is 455 g/mol. The number of guanidine groups is 1. The van der Waals surface area contributed by atoms with E-state index in [2.05, 4.69) is 32.7 Å². The third kappa shape index (κ3) is 12.2. The first-order chi connectivity index (χ1) is 12.7. The normalized spacial score (nSPS) is 11.3. The Morgan fingerprint density at radius 2 is 1.63 bits per heavy atom. The minimum Gasteiger partial charge on any atom is -0.383 e. The molecule has 0 aliphatic carbocycles. The van der Waals surface area contributed by atoms with Crippen LogP contribution in [0.4, 0.5) is 0 Å². The summed E-state index contributed by atoms with van der Waals surface area (Å²) < 4.78 is 7.07. The molecule has 2 N–H and O–H groups in total. The van der Waals surface area contributed by atoms with E-state index in [0.29, 0.717) is 13.2 Å². The SMILES string of the molecule is CCCCCCCCCCNC(=NCc1nnc(C)n1C)NCCOC.I. The number of halogens is 1. The van der Waals surface area contributed by atoms with Gasteiger partial charge in [0.1, 0.15) is 12.4 Å². The highest BCUT2D eigenvalue weighted by Gasteiger charge is 2.05. The first kappa shape index (κ1) is 26.1. The molecule has 0 saturated carbocycles. The molecule has 0 aliphatic rings. The highest BCUT2D eigenvalue weighted by Crippen LogP contribution is 2.07. The summed E-state index contributed by atoms with van der Waals surface area (Å²) in [4.78, 5) is 4.62. The Bertz CT molecular complexity index is 506. The van der Waals surface area contributed by atoms with Gasteiger partial charge in [-0.1, -0.05) is 51.9 Å². The summed E-state index contributed by atoms with van der Waals surface area (Å²) >= 11 is 0. The van der Waals surface area contributed by atoms with E-state index < -0.39 is 0 Å². The molecule has 0 bridgehead atoms. The zero-order valence-corrected chi connectivity index (χ0v) is 19.9. The first-order valence-electron chi connectivity index (χ1n) is 10.0. The number of aromatic nitrogens is 3. The average molecular weight is 494 g/mol. The molecule has 0 saturated heterocycles. The standard InChI is InChI=1S/C19H38N6O.HI/c1-5-6-7-8-9-10-11-12-13-20-19(21-14-15-26-4)22-16-18-24-23-17(2)25(18)3;/h5-16H2,1-4H3,(H2,20,21,22);1H. The Morgan fingerprint density at radius 1 is 1.00 bits per heavy atom. The Kier molecular flexibility index (Phi) is 16.6. The van der Waals surface area contributed by atoms with Crippen molar-refractivity contribution in [2.24, 2.45) is 12.0 Å². The molecule has 0 aromatic carbocycles. The Balaban J connectivity index is 0.00000676. The third-order valence-electron chi connectivity index (χ3n) is 4.48. The van der Waals surface area contributed by atoms with Gasteiger partial charge in [-0.2, -0.15) is 0 Å². The molecule has 0 atom stereocenters. The fraction of sp³-hybridized carbons (Fsp3) is 0.842. The van der Waals surface area contributed by atoms with Gasteiger partial charge in [0.15, 0.2) is 11.8 Å². The first-order valence-corrected chi connectivity index (χ1v) is 10.0. The Hall–Kier alpha value is -0.900. The van der Waals surface area contributed by atoms with Crippen LogP contribution in [0.15, 0.2) is 4.99 Å². The van der Waals surface area contributed by atoms with Crippen LogP contribution < -0.4 is 10.6 Å². The van der Waals surface area contributed by atoms with Gasteiger partial charge >= 0.3 is 0 Å². The number of methoxy groups -OCH3 is 1. The van der Waals surface area contributed by atoms with Gasteiger partial charge in [0, 0.05) is 27.2 Å². The van der Waals surface area contributed by atoms with Crippen LogP contribution in [0.1, 0.15) is 69.9 Å². The fourth-order valence-electron chi connectivity index (χ4n) is 2.65. The summed E-state index contributed by atoms with van der Waals surface area (Å²) in [5.74, 6) is 2.57. The van der Waals surface area contributed by atoms with Crippen molar-refractivity contribution in [3.05, 3.63) is 11.6 Å². The third-order valence-corrected chi connectivity index (χ3v) is 4.48. The number of ether oxygens (including phenoxy) is 1. The van der Waals surface area contributed by atoms with E-state index in [4.69, 9.17) is 4.74 Å². The van der Waals surface area contributed by atoms with E-state index in [9.17, 15) is 0 Å². The molecule has 0 amide bonds. The van der Waals surface area contributed by atoms with Crippen molar-refractivity contribution >= 4 is 29.9 Å². The number of hydrogen-bond acceptors (Lipinski definition) is 4. The van der Waals surface area contributed by atoms with E-state index in [1.807, 2.05) is 18.5 Å². The summed E-state index contributed by atoms with van der Waals surface area (Å²) in [6.07, 6.45) is 10.6. The van der Waals surface area contributed by atoms with Crippen molar-refractivity contribution in [1.82, 2.24) is 25.4 Å². The van der Waals surface area contributed by atoms with Crippen molar-refractivity contribution in [2.45, 2.75) is 71.8 Å². The minimum atomic E-state index is 0. The maximum absolute atomic E-state index is 5.10. The molecule has 0 spiro atoms. The Labute approximate surface area is 182 Å². The summed E-state index contributed by atoms with van der Waals surface area (Å²) in [6.45, 7) is 7.04. The maximum atomic E-state index is 5.10. The second-order valence-corrected chi connectivity index (χ2v) is 6.71. The molecule has 1 aromatic heterocycles. The number of hydrogen-bond donors (Lipinski definition) is 2. The van der Waals surface area contributed by atoms with Crippen LogP contribution in [0.5, 0.6) is 0 Å². The molecule has 7 nitrogen and oxygen atoms in total. The van der Waals surface area contributed by atoms with E-state index in [0.717, 1.165) is 30.7 Å². The molecule has 1 aromatic rings. The number of aliphatic imine (C=N–C) groups is 1. The van der Waals surface area contributed by atoms with Gasteiger partial charge < -0.3 is 19.9 Å². The lowest BCUT2D eigenvalue weighted by atomic mass is 10.1. The van der Waals surface area contributed by atoms with Crippen molar-refractivity contribution in [1.29, 1.82) is 0 Å². The molecule has 0 fully saturated rings. The van der Waals surface area contributed by atoms with Gasteiger partial charge in [0.05, 0.1) is 6.61 Å². The monoisotopic (exact) mass is 494 g/mol. The van der Waals surface area contributed by atoms with Gasteiger partial charge in [-0.05, 0) is 13.3 Å². The molecular formula is C19H39IN6O. The number of unbranched alkanes of at least 4 members (excludes halogenated alkanes) is 7. The Morgan fingerprint density at radius 3 is 2.22 bits per heavy atom. The molecule has 0 aliphatic heterocycles. The van der Waals surface area contributed by atoms with Gasteiger partial charge in [-0.15, -0.1) is 34.2 Å². The lowest BCUT2D eigenvalue weighted by molar-refractivity contribution is 0.203.